The van der Waals surface area contributed by atoms with Crippen LogP contribution in [0.15, 0.2) is 30.5 Å². The molecule has 120 valence electrons. The van der Waals surface area contributed by atoms with Gasteiger partial charge in [0.25, 0.3) is 0 Å². The topological polar surface area (TPSA) is 64.5 Å². The number of piperidine rings is 1. The third kappa shape index (κ3) is 2.78. The molecule has 5 rings (SSSR count). The van der Waals surface area contributed by atoms with Gasteiger partial charge in [0.1, 0.15) is 6.10 Å². The molecule has 1 aromatic heterocycles. The van der Waals surface area contributed by atoms with Crippen molar-refractivity contribution in [1.29, 1.82) is 0 Å². The highest BCUT2D eigenvalue weighted by molar-refractivity contribution is 5.34. The summed E-state index contributed by atoms with van der Waals surface area (Å²) in [6.45, 7) is 2.45. The summed E-state index contributed by atoms with van der Waals surface area (Å²) in [5.41, 5.74) is 3.32. The molecule has 1 aliphatic carbocycles. The maximum Gasteiger partial charge on any atom is 0.113 e. The lowest BCUT2D eigenvalue weighted by atomic mass is 10.1. The second-order valence-corrected chi connectivity index (χ2v) is 6.68. The number of rotatable bonds is 5. The van der Waals surface area contributed by atoms with Crippen molar-refractivity contribution < 1.29 is 9.47 Å². The average Bonchev–Trinajstić information content (AvgIpc) is 3.51. The van der Waals surface area contributed by atoms with E-state index in [0.29, 0.717) is 24.7 Å². The summed E-state index contributed by atoms with van der Waals surface area (Å²) >= 11 is 0. The summed E-state index contributed by atoms with van der Waals surface area (Å²) in [6, 6.07) is 8.32. The van der Waals surface area contributed by atoms with Crippen LogP contribution in [0.25, 0.3) is 5.69 Å². The van der Waals surface area contributed by atoms with E-state index in [0.717, 1.165) is 24.5 Å². The normalized spacial score (nSPS) is 29.3. The maximum atomic E-state index is 5.99. The summed E-state index contributed by atoms with van der Waals surface area (Å²) in [5.74, 6) is 0.633. The summed E-state index contributed by atoms with van der Waals surface area (Å²) in [5, 5.41) is 11.8. The summed E-state index contributed by atoms with van der Waals surface area (Å²) in [4.78, 5) is 0. The van der Waals surface area contributed by atoms with Gasteiger partial charge in [0.2, 0.25) is 0 Å². The first kappa shape index (κ1) is 13.7. The van der Waals surface area contributed by atoms with Crippen LogP contribution in [0, 0.1) is 0 Å². The molecule has 3 aliphatic rings. The zero-order chi connectivity index (χ0) is 15.2. The van der Waals surface area contributed by atoms with Gasteiger partial charge in [-0.25, -0.2) is 4.68 Å². The molecule has 6 nitrogen and oxygen atoms in total. The van der Waals surface area contributed by atoms with Gasteiger partial charge < -0.3 is 14.8 Å². The first-order valence-corrected chi connectivity index (χ1v) is 8.36. The van der Waals surface area contributed by atoms with Crippen molar-refractivity contribution in [3.05, 3.63) is 41.7 Å². The Morgan fingerprint density at radius 2 is 2.09 bits per heavy atom. The molecule has 0 radical (unpaired) electrons. The van der Waals surface area contributed by atoms with E-state index in [1.54, 1.807) is 0 Å². The molecule has 3 atom stereocenters. The van der Waals surface area contributed by atoms with Gasteiger partial charge in [0, 0.05) is 19.0 Å². The summed E-state index contributed by atoms with van der Waals surface area (Å²) < 4.78 is 13.4. The molecule has 1 N–H and O–H groups in total. The number of hydrogen-bond donors (Lipinski definition) is 1. The molecule has 2 aromatic rings. The van der Waals surface area contributed by atoms with Crippen LogP contribution in [-0.4, -0.2) is 46.4 Å². The largest absolute Gasteiger partial charge is 0.369 e. The lowest BCUT2D eigenvalue weighted by molar-refractivity contribution is 0.0211. The van der Waals surface area contributed by atoms with Crippen LogP contribution in [-0.2, 0) is 16.1 Å². The Morgan fingerprint density at radius 3 is 2.91 bits per heavy atom. The Balaban J connectivity index is 1.22. The van der Waals surface area contributed by atoms with Gasteiger partial charge >= 0.3 is 0 Å². The van der Waals surface area contributed by atoms with E-state index in [1.807, 2.05) is 10.9 Å². The Hall–Kier alpha value is -1.76. The highest BCUT2D eigenvalue weighted by atomic mass is 16.6. The Bertz CT molecular complexity index is 695. The average molecular weight is 312 g/mol. The fourth-order valence-electron chi connectivity index (χ4n) is 3.20. The van der Waals surface area contributed by atoms with Crippen LogP contribution in [0.2, 0.25) is 0 Å². The fourth-order valence-corrected chi connectivity index (χ4v) is 3.20. The van der Waals surface area contributed by atoms with Crippen molar-refractivity contribution in [2.24, 2.45) is 0 Å². The van der Waals surface area contributed by atoms with Gasteiger partial charge in [-0.2, -0.15) is 0 Å². The molecule has 3 heterocycles. The van der Waals surface area contributed by atoms with Gasteiger partial charge in [0.15, 0.2) is 0 Å². The van der Waals surface area contributed by atoms with E-state index < -0.39 is 0 Å². The van der Waals surface area contributed by atoms with Gasteiger partial charge in [-0.1, -0.05) is 17.3 Å². The summed E-state index contributed by atoms with van der Waals surface area (Å²) in [6.07, 6.45) is 5.37. The van der Waals surface area contributed by atoms with E-state index in [1.165, 1.54) is 18.4 Å². The Kier molecular flexibility index (Phi) is 3.21. The van der Waals surface area contributed by atoms with Crippen LogP contribution in [0.1, 0.15) is 30.0 Å². The zero-order valence-electron chi connectivity index (χ0n) is 12.9. The molecule has 0 bridgehead atoms. The summed E-state index contributed by atoms with van der Waals surface area (Å²) in [7, 11) is 0. The molecule has 23 heavy (non-hydrogen) atoms. The molecule has 6 heteroatoms. The minimum absolute atomic E-state index is 0.171. The minimum Gasteiger partial charge on any atom is -0.369 e. The molecular weight excluding hydrogens is 292 g/mol. The van der Waals surface area contributed by atoms with Crippen molar-refractivity contribution in [3.63, 3.8) is 0 Å². The molecule has 1 saturated carbocycles. The lowest BCUT2D eigenvalue weighted by Crippen LogP contribution is -2.41. The van der Waals surface area contributed by atoms with Gasteiger partial charge in [-0.3, -0.25) is 0 Å². The number of fused-ring (bicyclic) bond motifs is 1. The number of hydrogen-bond acceptors (Lipinski definition) is 5. The number of ether oxygens (including phenoxy) is 2. The van der Waals surface area contributed by atoms with E-state index in [2.05, 4.69) is 39.9 Å². The second-order valence-electron chi connectivity index (χ2n) is 6.68. The maximum absolute atomic E-state index is 5.99. The highest BCUT2D eigenvalue weighted by Gasteiger charge is 2.48. The SMILES string of the molecule is c1cc(-n2cc(C3CC3)nn2)ccc1CO[C@H]1CNC[C@@H]2O[C@@H]12. The van der Waals surface area contributed by atoms with E-state index >= 15 is 0 Å². The number of aromatic nitrogens is 3. The second kappa shape index (κ2) is 5.40. The first-order chi connectivity index (χ1) is 11.4. The van der Waals surface area contributed by atoms with Crippen LogP contribution in [0.4, 0.5) is 0 Å². The van der Waals surface area contributed by atoms with E-state index in [4.69, 9.17) is 9.47 Å². The molecule has 0 amide bonds. The van der Waals surface area contributed by atoms with Crippen LogP contribution < -0.4 is 5.32 Å². The van der Waals surface area contributed by atoms with Crippen molar-refractivity contribution in [1.82, 2.24) is 20.3 Å². The lowest BCUT2D eigenvalue weighted by Gasteiger charge is -2.20. The van der Waals surface area contributed by atoms with E-state index in [-0.39, 0.29) is 6.10 Å². The van der Waals surface area contributed by atoms with Gasteiger partial charge in [-0.15, -0.1) is 5.10 Å². The number of epoxide rings is 1. The predicted molar refractivity (Wildman–Crippen MR) is 83.4 cm³/mol. The molecule has 0 unspecified atom stereocenters. The van der Waals surface area contributed by atoms with Gasteiger partial charge in [-0.05, 0) is 30.5 Å². The molecule has 2 saturated heterocycles. The quantitative estimate of drug-likeness (QED) is 0.846. The smallest absolute Gasteiger partial charge is 0.113 e. The monoisotopic (exact) mass is 312 g/mol. The van der Waals surface area contributed by atoms with Crippen LogP contribution in [0.3, 0.4) is 0 Å². The fraction of sp³-hybridized carbons (Fsp3) is 0.529. The number of benzene rings is 1. The van der Waals surface area contributed by atoms with Crippen molar-refractivity contribution in [3.8, 4) is 5.69 Å². The third-order valence-corrected chi connectivity index (χ3v) is 4.85. The number of nitrogens with one attached hydrogen (secondary N) is 1. The number of nitrogens with zero attached hydrogens (tertiary/aromatic N) is 3. The van der Waals surface area contributed by atoms with Crippen LogP contribution >= 0.6 is 0 Å². The van der Waals surface area contributed by atoms with Crippen LogP contribution in [0.5, 0.6) is 0 Å². The Labute approximate surface area is 134 Å². The van der Waals surface area contributed by atoms with Gasteiger partial charge in [0.05, 0.1) is 36.4 Å². The molecule has 3 fully saturated rings. The predicted octanol–water partition coefficient (Wildman–Crippen LogP) is 1.40. The molecular formula is C17H20N4O2. The third-order valence-electron chi connectivity index (χ3n) is 4.85. The Morgan fingerprint density at radius 1 is 1.22 bits per heavy atom. The van der Waals surface area contributed by atoms with Crippen molar-refractivity contribution in [2.45, 2.75) is 43.7 Å². The first-order valence-electron chi connectivity index (χ1n) is 8.36. The molecule has 2 aliphatic heterocycles. The van der Waals surface area contributed by atoms with E-state index in [9.17, 15) is 0 Å². The standard InChI is InChI=1S/C17H20N4O2/c1-5-13(21-9-14(19-20-21)12-3-4-12)6-2-11(1)10-22-15-7-18-8-16-17(15)23-16/h1-2,5-6,9,12,15-18H,3-4,7-8,10H2/t15-,16-,17-/m0/s1. The molecule has 1 aromatic carbocycles. The molecule has 0 spiro atoms. The highest BCUT2D eigenvalue weighted by Crippen LogP contribution is 2.38. The minimum atomic E-state index is 0.171. The zero-order valence-corrected chi connectivity index (χ0v) is 12.9. The van der Waals surface area contributed by atoms with Crippen molar-refractivity contribution >= 4 is 0 Å². The van der Waals surface area contributed by atoms with Crippen molar-refractivity contribution in [2.75, 3.05) is 13.1 Å².